The average Bonchev–Trinajstić information content (AvgIpc) is 3.05. The Labute approximate surface area is 163 Å². The fourth-order valence-electron chi connectivity index (χ4n) is 3.08. The van der Waals surface area contributed by atoms with Gasteiger partial charge in [-0.05, 0) is 32.0 Å². The van der Waals surface area contributed by atoms with Gasteiger partial charge in [0, 0.05) is 23.8 Å². The number of nitrogens with one attached hydrogen (secondary N) is 4. The van der Waals surface area contributed by atoms with Gasteiger partial charge in [-0.2, -0.15) is 0 Å². The minimum Gasteiger partial charge on any atom is -0.352 e. The second-order valence-corrected chi connectivity index (χ2v) is 8.65. The minimum absolute atomic E-state index is 0.0209. The van der Waals surface area contributed by atoms with Crippen LogP contribution in [0.1, 0.15) is 18.1 Å². The average molecular weight is 406 g/mol. The molecule has 0 spiro atoms. The van der Waals surface area contributed by atoms with Crippen LogP contribution in [-0.2, 0) is 21.4 Å². The summed E-state index contributed by atoms with van der Waals surface area (Å²) >= 11 is 0. The van der Waals surface area contributed by atoms with Crippen molar-refractivity contribution >= 4 is 21.6 Å². The van der Waals surface area contributed by atoms with Gasteiger partial charge in [-0.25, -0.2) is 18.2 Å². The van der Waals surface area contributed by atoms with Gasteiger partial charge in [0.25, 0.3) is 10.0 Å². The Morgan fingerprint density at radius 3 is 2.46 bits per heavy atom. The summed E-state index contributed by atoms with van der Waals surface area (Å²) in [6.07, 6.45) is 0. The highest BCUT2D eigenvalue weighted by atomic mass is 32.2. The van der Waals surface area contributed by atoms with E-state index in [-0.39, 0.29) is 6.54 Å². The first-order valence-electron chi connectivity index (χ1n) is 8.88. The summed E-state index contributed by atoms with van der Waals surface area (Å²) in [5.41, 5.74) is 7.24. The van der Waals surface area contributed by atoms with Crippen LogP contribution >= 0.6 is 0 Å². The molecule has 1 heterocycles. The molecule has 150 valence electrons. The van der Waals surface area contributed by atoms with Gasteiger partial charge < -0.3 is 5.32 Å². The Morgan fingerprint density at radius 1 is 1.11 bits per heavy atom. The molecule has 28 heavy (non-hydrogen) atoms. The Kier molecular flexibility index (Phi) is 5.97. The van der Waals surface area contributed by atoms with Crippen molar-refractivity contribution in [3.05, 3.63) is 65.5 Å². The highest BCUT2D eigenvalue weighted by Gasteiger charge is 2.46. The highest BCUT2D eigenvalue weighted by molar-refractivity contribution is 7.93. The molecule has 3 rings (SSSR count). The Bertz CT molecular complexity index is 950. The van der Waals surface area contributed by atoms with Crippen LogP contribution in [0.15, 0.2) is 48.5 Å². The van der Waals surface area contributed by atoms with E-state index < -0.39 is 39.1 Å². The predicted molar refractivity (Wildman–Crippen MR) is 105 cm³/mol. The number of hydrogen-bond acceptors (Lipinski definition) is 5. The summed E-state index contributed by atoms with van der Waals surface area (Å²) in [4.78, 5) is 12.7. The number of sulfonamides is 1. The molecular weight excluding hydrogens is 383 g/mol. The molecule has 9 heteroatoms. The van der Waals surface area contributed by atoms with Gasteiger partial charge in [0.1, 0.15) is 5.82 Å². The van der Waals surface area contributed by atoms with Crippen molar-refractivity contribution in [1.29, 1.82) is 0 Å². The van der Waals surface area contributed by atoms with E-state index in [1.165, 1.54) is 6.07 Å². The summed E-state index contributed by atoms with van der Waals surface area (Å²) in [6.45, 7) is 3.59. The third kappa shape index (κ3) is 4.49. The lowest BCUT2D eigenvalue weighted by Crippen LogP contribution is -2.47. The minimum atomic E-state index is -3.90. The van der Waals surface area contributed by atoms with Crippen molar-refractivity contribution in [3.8, 4) is 0 Å². The number of halogens is 1. The molecule has 1 fully saturated rings. The van der Waals surface area contributed by atoms with E-state index >= 15 is 0 Å². The topological polar surface area (TPSA) is 99.3 Å². The lowest BCUT2D eigenvalue weighted by molar-refractivity contribution is -0.125. The van der Waals surface area contributed by atoms with Gasteiger partial charge >= 0.3 is 0 Å². The summed E-state index contributed by atoms with van der Waals surface area (Å²) < 4.78 is 41.9. The maximum Gasteiger partial charge on any atom is 0.250 e. The van der Waals surface area contributed by atoms with Crippen LogP contribution in [0, 0.1) is 18.7 Å². The van der Waals surface area contributed by atoms with Crippen molar-refractivity contribution in [1.82, 2.24) is 16.2 Å². The largest absolute Gasteiger partial charge is 0.352 e. The zero-order valence-corrected chi connectivity index (χ0v) is 16.4. The van der Waals surface area contributed by atoms with Crippen molar-refractivity contribution < 1.29 is 17.6 Å². The third-order valence-electron chi connectivity index (χ3n) is 4.68. The lowest BCUT2D eigenvalue weighted by atomic mass is 10.0. The number of benzene rings is 2. The van der Waals surface area contributed by atoms with E-state index in [0.29, 0.717) is 11.3 Å². The molecule has 0 aromatic heterocycles. The van der Waals surface area contributed by atoms with Crippen LogP contribution in [0.3, 0.4) is 0 Å². The van der Waals surface area contributed by atoms with Gasteiger partial charge in [-0.3, -0.25) is 14.9 Å². The summed E-state index contributed by atoms with van der Waals surface area (Å²) in [6, 6.07) is 12.6. The number of aryl methyl sites for hydroxylation is 1. The normalized spacial score (nSPS) is 22.0. The molecule has 0 radical (unpaired) electrons. The van der Waals surface area contributed by atoms with E-state index in [1.807, 2.05) is 6.92 Å². The van der Waals surface area contributed by atoms with Crippen molar-refractivity contribution in [2.24, 2.45) is 5.92 Å². The van der Waals surface area contributed by atoms with E-state index in [2.05, 4.69) is 20.9 Å². The smallest absolute Gasteiger partial charge is 0.250 e. The second-order valence-electron chi connectivity index (χ2n) is 6.85. The fraction of sp³-hybridized carbons (Fsp3) is 0.316. The monoisotopic (exact) mass is 406 g/mol. The molecule has 0 bridgehead atoms. The molecule has 1 aliphatic rings. The first kappa shape index (κ1) is 20.2. The number of carbonyl (C=O) groups is 1. The molecular formula is C19H23FN4O3S. The zero-order valence-electron chi connectivity index (χ0n) is 15.6. The number of hydrazine groups is 1. The lowest BCUT2D eigenvalue weighted by Gasteiger charge is -2.21. The number of anilines is 1. The first-order chi connectivity index (χ1) is 13.3. The highest BCUT2D eigenvalue weighted by Crippen LogP contribution is 2.22. The summed E-state index contributed by atoms with van der Waals surface area (Å²) in [5, 5.41) is 1.46. The number of carbonyl (C=O) groups excluding carboxylic acids is 1. The molecule has 7 nitrogen and oxygen atoms in total. The molecule has 2 aromatic rings. The number of amides is 1. The molecule has 2 aromatic carbocycles. The van der Waals surface area contributed by atoms with Crippen LogP contribution in [0.4, 0.5) is 10.1 Å². The van der Waals surface area contributed by atoms with E-state index in [0.717, 1.165) is 5.56 Å². The maximum absolute atomic E-state index is 13.7. The van der Waals surface area contributed by atoms with Crippen LogP contribution in [0.25, 0.3) is 0 Å². The zero-order chi connectivity index (χ0) is 20.3. The van der Waals surface area contributed by atoms with Gasteiger partial charge in [0.2, 0.25) is 5.91 Å². The Morgan fingerprint density at radius 2 is 1.79 bits per heavy atom. The second kappa shape index (κ2) is 8.26. The number of rotatable bonds is 6. The fourth-order valence-corrected chi connectivity index (χ4v) is 4.64. The predicted octanol–water partition coefficient (Wildman–Crippen LogP) is 1.63. The van der Waals surface area contributed by atoms with E-state index in [4.69, 9.17) is 0 Å². The van der Waals surface area contributed by atoms with Crippen LogP contribution in [0.2, 0.25) is 0 Å². The van der Waals surface area contributed by atoms with Gasteiger partial charge in [0.15, 0.2) is 5.37 Å². The van der Waals surface area contributed by atoms with Gasteiger partial charge in [-0.1, -0.05) is 35.9 Å². The van der Waals surface area contributed by atoms with Crippen molar-refractivity contribution in [2.45, 2.75) is 31.8 Å². The maximum atomic E-state index is 13.7. The van der Waals surface area contributed by atoms with E-state index in [1.54, 1.807) is 49.4 Å². The molecule has 1 saturated heterocycles. The molecule has 1 amide bonds. The number of hydrogen-bond donors (Lipinski definition) is 4. The summed E-state index contributed by atoms with van der Waals surface area (Å²) in [5.74, 6) is -1.80. The Hall–Kier alpha value is -2.49. The van der Waals surface area contributed by atoms with Crippen molar-refractivity contribution in [2.75, 3.05) is 4.72 Å². The molecule has 3 unspecified atom stereocenters. The summed E-state index contributed by atoms with van der Waals surface area (Å²) in [7, 11) is -3.90. The quantitative estimate of drug-likeness (QED) is 0.584. The Balaban J connectivity index is 1.72. The van der Waals surface area contributed by atoms with Gasteiger partial charge in [0.05, 0.1) is 5.92 Å². The third-order valence-corrected chi connectivity index (χ3v) is 6.28. The van der Waals surface area contributed by atoms with Crippen LogP contribution in [0.5, 0.6) is 0 Å². The molecule has 1 aliphatic heterocycles. The first-order valence-corrected chi connectivity index (χ1v) is 10.4. The standard InChI is InChI=1S/C19H23FN4O3S/c1-12-7-9-15(10-8-12)24-28(26,27)19-17(13(2)22-23-19)18(25)21-11-14-5-3-4-6-16(14)20/h3-10,13,17,19,22-24H,11H2,1-2H3,(H,21,25). The molecule has 3 atom stereocenters. The molecule has 4 N–H and O–H groups in total. The molecule has 0 saturated carbocycles. The van der Waals surface area contributed by atoms with Gasteiger partial charge in [-0.15, -0.1) is 0 Å². The van der Waals surface area contributed by atoms with E-state index in [9.17, 15) is 17.6 Å². The van der Waals surface area contributed by atoms with Crippen molar-refractivity contribution in [3.63, 3.8) is 0 Å². The SMILES string of the molecule is Cc1ccc(NS(=O)(=O)C2NNC(C)C2C(=O)NCc2ccccc2F)cc1. The molecule has 0 aliphatic carbocycles. The van der Waals surface area contributed by atoms with Crippen LogP contribution < -0.4 is 20.9 Å². The van der Waals surface area contributed by atoms with Crippen LogP contribution in [-0.4, -0.2) is 25.7 Å².